The maximum absolute atomic E-state index is 5.38. The van der Waals surface area contributed by atoms with Crippen LogP contribution in [-0.4, -0.2) is 6.29 Å². The van der Waals surface area contributed by atoms with E-state index < -0.39 is 0 Å². The van der Waals surface area contributed by atoms with Crippen molar-refractivity contribution in [1.29, 1.82) is 0 Å². The van der Waals surface area contributed by atoms with Gasteiger partial charge in [-0.1, -0.05) is 24.3 Å². The van der Waals surface area contributed by atoms with E-state index in [0.29, 0.717) is 0 Å². The Morgan fingerprint density at radius 3 is 3.08 bits per heavy atom. The lowest BCUT2D eigenvalue weighted by Gasteiger charge is -2.17. The van der Waals surface area contributed by atoms with E-state index in [-0.39, 0.29) is 12.6 Å². The number of fused-ring (bicyclic) bond motifs is 4. The molecule has 3 nitrogen and oxygen atoms in total. The SMILES string of the molecule is c1ccc2c(c1)CC1OOC2O1. The third kappa shape index (κ3) is 0.813. The second-order valence-electron chi connectivity index (χ2n) is 2.99. The van der Waals surface area contributed by atoms with Crippen molar-refractivity contribution < 1.29 is 14.5 Å². The summed E-state index contributed by atoms with van der Waals surface area (Å²) in [6.45, 7) is 0. The lowest BCUT2D eigenvalue weighted by atomic mass is 10.0. The maximum atomic E-state index is 5.38. The molecule has 0 saturated carbocycles. The van der Waals surface area contributed by atoms with Crippen molar-refractivity contribution in [1.82, 2.24) is 0 Å². The Bertz CT molecular complexity index is 310. The summed E-state index contributed by atoms with van der Waals surface area (Å²) < 4.78 is 5.38. The molecule has 1 fully saturated rings. The molecule has 2 bridgehead atoms. The Balaban J connectivity index is 2.13. The second kappa shape index (κ2) is 2.29. The van der Waals surface area contributed by atoms with E-state index in [1.165, 1.54) is 5.56 Å². The van der Waals surface area contributed by atoms with Crippen LogP contribution in [0.2, 0.25) is 0 Å². The highest BCUT2D eigenvalue weighted by molar-refractivity contribution is 5.30. The van der Waals surface area contributed by atoms with Crippen molar-refractivity contribution in [2.75, 3.05) is 0 Å². The van der Waals surface area contributed by atoms with Crippen molar-refractivity contribution in [2.24, 2.45) is 0 Å². The summed E-state index contributed by atoms with van der Waals surface area (Å²) in [4.78, 5) is 9.92. The van der Waals surface area contributed by atoms with E-state index in [2.05, 4.69) is 6.07 Å². The molecule has 3 heteroatoms. The van der Waals surface area contributed by atoms with E-state index in [4.69, 9.17) is 14.5 Å². The van der Waals surface area contributed by atoms with Crippen LogP contribution in [0.1, 0.15) is 17.4 Å². The fourth-order valence-corrected chi connectivity index (χ4v) is 1.63. The smallest absolute Gasteiger partial charge is 0.220 e. The largest absolute Gasteiger partial charge is 0.313 e. The summed E-state index contributed by atoms with van der Waals surface area (Å²) in [5.74, 6) is 0. The van der Waals surface area contributed by atoms with E-state index in [9.17, 15) is 0 Å². The van der Waals surface area contributed by atoms with Gasteiger partial charge in [-0.05, 0) is 5.56 Å². The Labute approximate surface area is 69.8 Å². The maximum Gasteiger partial charge on any atom is 0.220 e. The second-order valence-corrected chi connectivity index (χ2v) is 2.99. The van der Waals surface area contributed by atoms with Crippen molar-refractivity contribution >= 4 is 0 Å². The van der Waals surface area contributed by atoms with Gasteiger partial charge in [-0.25, -0.2) is 4.89 Å². The highest BCUT2D eigenvalue weighted by atomic mass is 17.3. The number of benzene rings is 1. The Hall–Kier alpha value is -0.900. The van der Waals surface area contributed by atoms with Gasteiger partial charge < -0.3 is 4.74 Å². The summed E-state index contributed by atoms with van der Waals surface area (Å²) in [5, 5.41) is 0. The standard InChI is InChI=1S/C9H8O3/c1-2-4-7-6(3-1)5-8-10-9(7)12-11-8/h1-4,8-9H,5H2. The van der Waals surface area contributed by atoms with Crippen LogP contribution in [0.5, 0.6) is 0 Å². The quantitative estimate of drug-likeness (QED) is 0.544. The molecular formula is C9H8O3. The predicted octanol–water partition coefficient (Wildman–Crippen LogP) is 1.55. The first-order valence-corrected chi connectivity index (χ1v) is 3.99. The molecule has 62 valence electrons. The summed E-state index contributed by atoms with van der Waals surface area (Å²) in [6, 6.07) is 8.08. The minimum absolute atomic E-state index is 0.204. The van der Waals surface area contributed by atoms with Crippen LogP contribution in [0.3, 0.4) is 0 Å². The van der Waals surface area contributed by atoms with Crippen LogP contribution < -0.4 is 0 Å². The van der Waals surface area contributed by atoms with Gasteiger partial charge in [-0.15, -0.1) is 0 Å². The van der Waals surface area contributed by atoms with Gasteiger partial charge in [0.2, 0.25) is 6.29 Å². The third-order valence-corrected chi connectivity index (χ3v) is 2.22. The monoisotopic (exact) mass is 164 g/mol. The van der Waals surface area contributed by atoms with Crippen molar-refractivity contribution in [3.05, 3.63) is 35.4 Å². The average Bonchev–Trinajstić information content (AvgIpc) is 2.49. The molecule has 0 amide bonds. The number of hydrogen-bond acceptors (Lipinski definition) is 3. The normalized spacial score (nSPS) is 31.7. The molecular weight excluding hydrogens is 156 g/mol. The molecule has 1 aromatic carbocycles. The minimum atomic E-state index is -0.306. The van der Waals surface area contributed by atoms with E-state index in [1.807, 2.05) is 18.2 Å². The third-order valence-electron chi connectivity index (χ3n) is 2.22. The molecule has 0 radical (unpaired) electrons. The van der Waals surface area contributed by atoms with Gasteiger partial charge in [0.25, 0.3) is 0 Å². The summed E-state index contributed by atoms with van der Waals surface area (Å²) in [5.41, 5.74) is 2.35. The van der Waals surface area contributed by atoms with Crippen LogP contribution in [0, 0.1) is 0 Å². The van der Waals surface area contributed by atoms with Gasteiger partial charge in [-0.2, -0.15) is 4.89 Å². The molecule has 2 aliphatic rings. The molecule has 0 aromatic heterocycles. The zero-order valence-corrected chi connectivity index (χ0v) is 6.40. The van der Waals surface area contributed by atoms with Crippen molar-refractivity contribution in [2.45, 2.75) is 19.0 Å². The highest BCUT2D eigenvalue weighted by Crippen LogP contribution is 2.36. The van der Waals surface area contributed by atoms with Crippen LogP contribution in [0.4, 0.5) is 0 Å². The molecule has 0 spiro atoms. The molecule has 0 aliphatic carbocycles. The predicted molar refractivity (Wildman–Crippen MR) is 39.9 cm³/mol. The van der Waals surface area contributed by atoms with E-state index in [0.717, 1.165) is 12.0 Å². The van der Waals surface area contributed by atoms with Crippen molar-refractivity contribution in [3.8, 4) is 0 Å². The first kappa shape index (κ1) is 6.60. The fourth-order valence-electron chi connectivity index (χ4n) is 1.63. The summed E-state index contributed by atoms with van der Waals surface area (Å²) >= 11 is 0. The topological polar surface area (TPSA) is 27.7 Å². The lowest BCUT2D eigenvalue weighted by Crippen LogP contribution is -2.18. The molecule has 12 heavy (non-hydrogen) atoms. The van der Waals surface area contributed by atoms with Crippen LogP contribution >= 0.6 is 0 Å². The number of rotatable bonds is 0. The first-order valence-electron chi connectivity index (χ1n) is 3.99. The Morgan fingerprint density at radius 2 is 2.08 bits per heavy atom. The minimum Gasteiger partial charge on any atom is -0.313 e. The van der Waals surface area contributed by atoms with Gasteiger partial charge >= 0.3 is 0 Å². The number of ether oxygens (including phenoxy) is 1. The first-order chi connectivity index (χ1) is 5.93. The Morgan fingerprint density at radius 1 is 1.17 bits per heavy atom. The van der Waals surface area contributed by atoms with E-state index >= 15 is 0 Å². The zero-order chi connectivity index (χ0) is 7.97. The molecule has 2 heterocycles. The Kier molecular flexibility index (Phi) is 1.26. The fraction of sp³-hybridized carbons (Fsp3) is 0.333. The molecule has 2 unspecified atom stereocenters. The van der Waals surface area contributed by atoms with Crippen molar-refractivity contribution in [3.63, 3.8) is 0 Å². The van der Waals surface area contributed by atoms with Crippen LogP contribution in [0.25, 0.3) is 0 Å². The van der Waals surface area contributed by atoms with Crippen LogP contribution in [0.15, 0.2) is 24.3 Å². The molecule has 1 aromatic rings. The summed E-state index contributed by atoms with van der Waals surface area (Å²) in [7, 11) is 0. The zero-order valence-electron chi connectivity index (χ0n) is 6.40. The lowest BCUT2D eigenvalue weighted by molar-refractivity contribution is -0.295. The van der Waals surface area contributed by atoms with Gasteiger partial charge in [0, 0.05) is 12.0 Å². The molecule has 2 atom stereocenters. The average molecular weight is 164 g/mol. The molecule has 2 aliphatic heterocycles. The molecule has 3 rings (SSSR count). The molecule has 0 N–H and O–H groups in total. The van der Waals surface area contributed by atoms with E-state index in [1.54, 1.807) is 0 Å². The van der Waals surface area contributed by atoms with Crippen LogP contribution in [-0.2, 0) is 20.9 Å². The molecule has 1 saturated heterocycles. The van der Waals surface area contributed by atoms with Gasteiger partial charge in [-0.3, -0.25) is 0 Å². The highest BCUT2D eigenvalue weighted by Gasteiger charge is 2.35. The van der Waals surface area contributed by atoms with Gasteiger partial charge in [0.1, 0.15) is 0 Å². The van der Waals surface area contributed by atoms with Gasteiger partial charge in [0.05, 0.1) is 0 Å². The van der Waals surface area contributed by atoms with Gasteiger partial charge in [0.15, 0.2) is 6.29 Å². The number of hydrogen-bond donors (Lipinski definition) is 0. The summed E-state index contributed by atoms with van der Waals surface area (Å²) in [6.07, 6.45) is 0.275.